The minimum atomic E-state index is -1.01. The van der Waals surface area contributed by atoms with E-state index in [1.807, 2.05) is 50.2 Å². The molecule has 1 aromatic heterocycles. The maximum Gasteiger partial charge on any atom is 0.321 e. The number of aliphatic carboxylic acids is 1. The maximum absolute atomic E-state index is 12.8. The molecule has 0 unspecified atom stereocenters. The summed E-state index contributed by atoms with van der Waals surface area (Å²) in [5.74, 6) is -0.278. The normalized spacial score (nSPS) is 15.9. The number of pyridine rings is 1. The van der Waals surface area contributed by atoms with Crippen LogP contribution in [0.15, 0.2) is 67.0 Å². The first-order chi connectivity index (χ1) is 23.0. The topological polar surface area (TPSA) is 136 Å². The number of ether oxygens (including phenoxy) is 2. The number of rotatable bonds is 11. The van der Waals surface area contributed by atoms with Crippen LogP contribution in [0, 0.1) is 25.2 Å². The van der Waals surface area contributed by atoms with Gasteiger partial charge in [0, 0.05) is 68.8 Å². The van der Waals surface area contributed by atoms with Crippen molar-refractivity contribution in [1.29, 1.82) is 5.26 Å². The van der Waals surface area contributed by atoms with Crippen molar-refractivity contribution in [1.82, 2.24) is 14.8 Å². The van der Waals surface area contributed by atoms with Gasteiger partial charge in [0.15, 0.2) is 0 Å². The third-order valence-electron chi connectivity index (χ3n) is 8.56. The zero-order chi connectivity index (χ0) is 34.5. The lowest BCUT2D eigenvalue weighted by Gasteiger charge is -2.23. The van der Waals surface area contributed by atoms with Crippen LogP contribution in [0.1, 0.15) is 50.2 Å². The quantitative estimate of drug-likeness (QED) is 0.204. The van der Waals surface area contributed by atoms with Crippen LogP contribution in [0.5, 0.6) is 11.5 Å². The lowest BCUT2D eigenvalue weighted by molar-refractivity contribution is -0.142. The Bertz CT molecular complexity index is 1890. The Kier molecular flexibility index (Phi) is 10.6. The third-order valence-corrected chi connectivity index (χ3v) is 8.86. The highest BCUT2D eigenvalue weighted by Gasteiger charge is 2.36. The van der Waals surface area contributed by atoms with E-state index in [1.165, 1.54) is 6.20 Å². The second kappa shape index (κ2) is 14.9. The Morgan fingerprint density at radius 1 is 1.00 bits per heavy atom. The smallest absolute Gasteiger partial charge is 0.321 e. The molecular formula is C37H37ClN4O6. The van der Waals surface area contributed by atoms with Gasteiger partial charge in [0.25, 0.3) is 5.91 Å². The van der Waals surface area contributed by atoms with Gasteiger partial charge in [0.2, 0.25) is 0 Å². The highest BCUT2D eigenvalue weighted by atomic mass is 35.5. The number of amides is 1. The van der Waals surface area contributed by atoms with Gasteiger partial charge < -0.3 is 24.6 Å². The minimum Gasteiger partial charge on any atom is -0.488 e. The van der Waals surface area contributed by atoms with Gasteiger partial charge in [-0.15, -0.1) is 0 Å². The largest absolute Gasteiger partial charge is 0.488 e. The van der Waals surface area contributed by atoms with E-state index in [9.17, 15) is 25.1 Å². The predicted molar refractivity (Wildman–Crippen MR) is 181 cm³/mol. The van der Waals surface area contributed by atoms with Crippen molar-refractivity contribution in [2.75, 3.05) is 20.6 Å². The second-order valence-corrected chi connectivity index (χ2v) is 12.5. The van der Waals surface area contributed by atoms with E-state index in [2.05, 4.69) is 11.1 Å². The molecule has 248 valence electrons. The average molecular weight is 669 g/mol. The number of carboxylic acids is 1. The number of carboxylic acid groups (broad SMARTS) is 1. The number of hydrogen-bond donors (Lipinski definition) is 2. The van der Waals surface area contributed by atoms with Gasteiger partial charge in [-0.3, -0.25) is 19.5 Å². The van der Waals surface area contributed by atoms with Crippen LogP contribution in [0.25, 0.3) is 11.1 Å². The summed E-state index contributed by atoms with van der Waals surface area (Å²) in [5, 5.41) is 29.5. The third kappa shape index (κ3) is 7.60. The first-order valence-electron chi connectivity index (χ1n) is 15.4. The van der Waals surface area contributed by atoms with Crippen LogP contribution in [-0.4, -0.2) is 69.7 Å². The number of carbonyl (C=O) groups is 2. The summed E-state index contributed by atoms with van der Waals surface area (Å²) < 4.78 is 12.5. The monoisotopic (exact) mass is 668 g/mol. The summed E-state index contributed by atoms with van der Waals surface area (Å²) in [6.07, 6.45) is 2.44. The van der Waals surface area contributed by atoms with Crippen LogP contribution in [0.3, 0.4) is 0 Å². The number of nitriles is 1. The van der Waals surface area contributed by atoms with E-state index >= 15 is 0 Å². The zero-order valence-electron chi connectivity index (χ0n) is 27.2. The van der Waals surface area contributed by atoms with Crippen LogP contribution < -0.4 is 9.47 Å². The van der Waals surface area contributed by atoms with Gasteiger partial charge in [-0.25, -0.2) is 0 Å². The summed E-state index contributed by atoms with van der Waals surface area (Å²) in [5.41, 5.74) is 7.11. The van der Waals surface area contributed by atoms with Gasteiger partial charge in [-0.2, -0.15) is 5.26 Å². The molecule has 2 N–H and O–H groups in total. The summed E-state index contributed by atoms with van der Waals surface area (Å²) in [7, 11) is 3.47. The predicted octanol–water partition coefficient (Wildman–Crippen LogP) is 5.77. The molecule has 1 saturated heterocycles. The minimum absolute atomic E-state index is 0.0592. The molecule has 48 heavy (non-hydrogen) atoms. The van der Waals surface area contributed by atoms with Crippen LogP contribution >= 0.6 is 11.6 Å². The summed E-state index contributed by atoms with van der Waals surface area (Å²) in [6.45, 7) is 4.63. The summed E-state index contributed by atoms with van der Waals surface area (Å²) in [4.78, 5) is 32.0. The standard InChI is InChI=1S/C37H37ClN4O6/c1-22-26(7-5-8-29(22)30-9-6-10-31(23(30)2)36(44)41(3)4)21-48-35-14-34(47-20-25-11-24(15-39)16-40-17-25)27(12-32(35)38)18-42-19-28(43)13-33(42)37(45)46/h5-12,14,16-17,28,33,43H,13,18-21H2,1-4H3,(H,45,46)/t28-,33-/m0/s1. The van der Waals surface area contributed by atoms with Gasteiger partial charge in [-0.1, -0.05) is 41.9 Å². The molecule has 5 rings (SSSR count). The van der Waals surface area contributed by atoms with E-state index in [1.54, 1.807) is 48.3 Å². The number of likely N-dealkylation sites (tertiary alicyclic amines) is 1. The number of aromatic nitrogens is 1. The molecule has 4 aromatic rings. The van der Waals surface area contributed by atoms with Crippen molar-refractivity contribution in [3.05, 3.63) is 111 Å². The molecule has 10 nitrogen and oxygen atoms in total. The molecule has 11 heteroatoms. The van der Waals surface area contributed by atoms with Crippen molar-refractivity contribution < 1.29 is 29.3 Å². The molecule has 1 fully saturated rings. The van der Waals surface area contributed by atoms with Gasteiger partial charge in [0.1, 0.15) is 36.8 Å². The number of nitrogens with zero attached hydrogens (tertiary/aromatic N) is 4. The second-order valence-electron chi connectivity index (χ2n) is 12.1. The highest BCUT2D eigenvalue weighted by molar-refractivity contribution is 6.32. The Morgan fingerprint density at radius 2 is 1.71 bits per heavy atom. The molecule has 2 heterocycles. The molecule has 1 aliphatic rings. The lowest BCUT2D eigenvalue weighted by atomic mass is 9.91. The number of aliphatic hydroxyl groups excluding tert-OH is 1. The zero-order valence-corrected chi connectivity index (χ0v) is 28.0. The number of halogens is 1. The van der Waals surface area contributed by atoms with Crippen LogP contribution in [0.2, 0.25) is 5.02 Å². The first kappa shape index (κ1) is 34.4. The van der Waals surface area contributed by atoms with Crippen molar-refractivity contribution >= 4 is 23.5 Å². The van der Waals surface area contributed by atoms with Gasteiger partial charge in [0.05, 0.1) is 16.7 Å². The number of carbonyl (C=O) groups excluding carboxylic acids is 1. The van der Waals surface area contributed by atoms with E-state index in [-0.39, 0.29) is 38.6 Å². The molecular weight excluding hydrogens is 632 g/mol. The average Bonchev–Trinajstić information content (AvgIpc) is 3.44. The number of β-amino-alcohol motifs (C(OH)–C–C–N with tert-alkyl or cyclic N) is 1. The molecule has 1 aliphatic heterocycles. The summed E-state index contributed by atoms with van der Waals surface area (Å²) >= 11 is 6.75. The van der Waals surface area contributed by atoms with Crippen molar-refractivity contribution in [2.45, 2.75) is 52.2 Å². The number of aliphatic hydroxyl groups is 1. The molecule has 0 aliphatic carbocycles. The fourth-order valence-corrected chi connectivity index (χ4v) is 6.19. The molecule has 2 atom stereocenters. The van der Waals surface area contributed by atoms with Crippen molar-refractivity contribution in [3.63, 3.8) is 0 Å². The molecule has 0 radical (unpaired) electrons. The van der Waals surface area contributed by atoms with Crippen molar-refractivity contribution in [3.8, 4) is 28.7 Å². The van der Waals surface area contributed by atoms with Gasteiger partial charge in [-0.05, 0) is 59.9 Å². The Morgan fingerprint density at radius 3 is 2.42 bits per heavy atom. The molecule has 3 aromatic carbocycles. The molecule has 0 spiro atoms. The number of hydrogen-bond acceptors (Lipinski definition) is 8. The van der Waals surface area contributed by atoms with E-state index < -0.39 is 18.1 Å². The molecule has 1 amide bonds. The Labute approximate surface area is 284 Å². The van der Waals surface area contributed by atoms with E-state index in [0.29, 0.717) is 38.8 Å². The maximum atomic E-state index is 12.8. The van der Waals surface area contributed by atoms with E-state index in [0.717, 1.165) is 27.8 Å². The number of benzene rings is 3. The van der Waals surface area contributed by atoms with E-state index in [4.69, 9.17) is 21.1 Å². The Hall–Kier alpha value is -4.95. The SMILES string of the molecule is Cc1c(COc2cc(OCc3cncc(C#N)c3)c(CN3C[C@@H](O)C[C@H]3C(=O)O)cc2Cl)cccc1-c1cccc(C(=O)N(C)C)c1C. The summed E-state index contributed by atoms with van der Waals surface area (Å²) in [6, 6.07) is 18.0. The Balaban J connectivity index is 1.43. The first-order valence-corrected chi connectivity index (χ1v) is 15.8. The van der Waals surface area contributed by atoms with Crippen molar-refractivity contribution in [2.24, 2.45) is 0 Å². The van der Waals surface area contributed by atoms with Crippen LogP contribution in [-0.2, 0) is 24.6 Å². The lowest BCUT2D eigenvalue weighted by Crippen LogP contribution is -2.35. The van der Waals surface area contributed by atoms with Crippen LogP contribution in [0.4, 0.5) is 0 Å². The molecule has 0 saturated carbocycles. The molecule has 0 bridgehead atoms. The fourth-order valence-electron chi connectivity index (χ4n) is 5.95. The highest BCUT2D eigenvalue weighted by Crippen LogP contribution is 2.37. The van der Waals surface area contributed by atoms with Gasteiger partial charge >= 0.3 is 5.97 Å². The fraction of sp³-hybridized carbons (Fsp3) is 0.297.